The van der Waals surface area contributed by atoms with E-state index in [1.807, 2.05) is 0 Å². The fraction of sp³-hybridized carbons (Fsp3) is 1.00. The summed E-state index contributed by atoms with van der Waals surface area (Å²) >= 11 is 0. The smallest absolute Gasteiger partial charge is 0.266 e. The molecule has 200 valence electrons. The van der Waals surface area contributed by atoms with Gasteiger partial charge >= 0.3 is 0 Å². The molecule has 0 spiro atoms. The number of hydrogen-bond donors (Lipinski definition) is 0. The zero-order chi connectivity index (χ0) is 25.8. The third-order valence-corrected chi connectivity index (χ3v) is 5.18. The average molecular weight is 567 g/mol. The van der Waals surface area contributed by atoms with Crippen molar-refractivity contribution in [3.63, 3.8) is 0 Å². The highest BCUT2D eigenvalue weighted by molar-refractivity contribution is 7.90. The first-order valence-corrected chi connectivity index (χ1v) is 16.6. The first kappa shape index (κ1) is 32.5. The van der Waals surface area contributed by atoms with E-state index in [2.05, 4.69) is 8.37 Å². The van der Waals surface area contributed by atoms with Crippen LogP contribution in [0.25, 0.3) is 0 Å². The summed E-state index contributed by atoms with van der Waals surface area (Å²) in [5, 5.41) is 0. The molecule has 0 aliphatic carbocycles. The van der Waals surface area contributed by atoms with E-state index in [1.165, 1.54) is 0 Å². The maximum atomic E-state index is 11.2. The van der Waals surface area contributed by atoms with Crippen LogP contribution in [-0.4, -0.2) is 123 Å². The molecule has 0 aliphatic heterocycles. The number of hydrogen-bond acceptors (Lipinski definition) is 15. The second-order valence-electron chi connectivity index (χ2n) is 6.82. The van der Waals surface area contributed by atoms with Gasteiger partial charge in [0.2, 0.25) is 0 Å². The Labute approximate surface area is 194 Å². The molecule has 19 heteroatoms. The van der Waals surface area contributed by atoms with Crippen molar-refractivity contribution >= 4 is 39.9 Å². The van der Waals surface area contributed by atoms with Crippen LogP contribution in [0.15, 0.2) is 0 Å². The van der Waals surface area contributed by atoms with E-state index in [0.29, 0.717) is 0 Å². The minimum Gasteiger partial charge on any atom is -0.376 e. The lowest BCUT2D eigenvalue weighted by Crippen LogP contribution is -2.33. The van der Waals surface area contributed by atoms with Crippen molar-refractivity contribution in [1.82, 2.24) is 0 Å². The van der Waals surface area contributed by atoms with Crippen molar-refractivity contribution < 1.29 is 65.7 Å². The Morgan fingerprint density at radius 2 is 0.818 bits per heavy atom. The van der Waals surface area contributed by atoms with Crippen LogP contribution >= 0.6 is 0 Å². The molecule has 0 aromatic heterocycles. The summed E-state index contributed by atoms with van der Waals surface area (Å²) in [6.45, 7) is -2.48. The fourth-order valence-electron chi connectivity index (χ4n) is 1.70. The Morgan fingerprint density at radius 1 is 0.515 bits per heavy atom. The van der Waals surface area contributed by atoms with Crippen molar-refractivity contribution in [3.8, 4) is 0 Å². The third-order valence-electron chi connectivity index (χ3n) is 2.94. The Balaban J connectivity index is 4.84. The predicted molar refractivity (Wildman–Crippen MR) is 113 cm³/mol. The van der Waals surface area contributed by atoms with E-state index in [-0.39, 0.29) is 26.4 Å². The molecule has 0 bridgehead atoms. The Hall–Kier alpha value is -0.480. The van der Waals surface area contributed by atoms with Crippen molar-refractivity contribution in [2.75, 3.05) is 76.9 Å². The summed E-state index contributed by atoms with van der Waals surface area (Å²) in [5.74, 6) is -1.23. The first-order chi connectivity index (χ1) is 14.9. The Kier molecular flexibility index (Phi) is 14.6. The van der Waals surface area contributed by atoms with Crippen LogP contribution in [0.1, 0.15) is 0 Å². The lowest BCUT2D eigenvalue weighted by Gasteiger charge is -2.21. The van der Waals surface area contributed by atoms with Crippen LogP contribution in [0.3, 0.4) is 0 Å². The molecule has 2 atom stereocenters. The normalized spacial score (nSPS) is 15.4. The maximum Gasteiger partial charge on any atom is 0.266 e. The fourth-order valence-corrected chi connectivity index (χ4v) is 2.96. The highest BCUT2D eigenvalue weighted by Crippen LogP contribution is 2.03. The zero-order valence-electron chi connectivity index (χ0n) is 18.6. The van der Waals surface area contributed by atoms with Gasteiger partial charge in [-0.15, -0.1) is 0 Å². The molecule has 0 radical (unpaired) electrons. The van der Waals surface area contributed by atoms with Gasteiger partial charge in [0, 0.05) is 12.5 Å². The van der Waals surface area contributed by atoms with Gasteiger partial charge in [-0.1, -0.05) is 0 Å². The molecule has 0 N–H and O–H groups in total. The quantitative estimate of drug-likeness (QED) is 0.112. The highest BCUT2D eigenvalue weighted by Gasteiger charge is 2.18. The first-order valence-electron chi connectivity index (χ1n) is 8.87. The molecule has 2 unspecified atom stereocenters. The lowest BCUT2D eigenvalue weighted by atomic mass is 10.4. The minimum absolute atomic E-state index is 0.254. The van der Waals surface area contributed by atoms with Crippen molar-refractivity contribution in [2.24, 2.45) is 0 Å². The van der Waals surface area contributed by atoms with Crippen LogP contribution in [0, 0.1) is 0 Å². The molecular weight excluding hydrogens is 536 g/mol. The Morgan fingerprint density at radius 3 is 1.09 bits per heavy atom. The van der Waals surface area contributed by atoms with E-state index in [4.69, 9.17) is 23.7 Å². The molecule has 0 aliphatic rings. The van der Waals surface area contributed by atoms with Crippen LogP contribution in [0.4, 0.5) is 0 Å². The van der Waals surface area contributed by atoms with Crippen LogP contribution in [0.5, 0.6) is 0 Å². The molecule has 0 heterocycles. The summed E-state index contributed by atoms with van der Waals surface area (Å²) in [6.07, 6.45) is 1.58. The van der Waals surface area contributed by atoms with Crippen LogP contribution < -0.4 is 0 Å². The molecule has 0 fully saturated rings. The summed E-state index contributed by atoms with van der Waals surface area (Å²) in [6, 6.07) is 0. The van der Waals surface area contributed by atoms with Gasteiger partial charge in [0.25, 0.3) is 20.2 Å². The van der Waals surface area contributed by atoms with E-state index in [9.17, 15) is 33.7 Å². The van der Waals surface area contributed by atoms with Crippen molar-refractivity contribution in [1.29, 1.82) is 0 Å². The van der Waals surface area contributed by atoms with Crippen molar-refractivity contribution in [2.45, 2.75) is 12.2 Å². The monoisotopic (exact) mass is 566 g/mol. The second kappa shape index (κ2) is 14.8. The second-order valence-corrected chi connectivity index (χ2v) is 14.3. The summed E-state index contributed by atoms with van der Waals surface area (Å²) < 4.78 is 123. The Bertz CT molecular complexity index is 814. The minimum atomic E-state index is -3.79. The standard InChI is InChI=1S/C14H30O15S4/c1-30(15,16)11-24-7-13(26-9-28-32(3,19)20)5-23-6-14(8-25-12-31(2,17)18)27-10-29-33(4,21)22/h13-14H,5-12H2,1-4H3. The van der Waals surface area contributed by atoms with Gasteiger partial charge in [0.05, 0.1) is 38.9 Å². The van der Waals surface area contributed by atoms with Crippen molar-refractivity contribution in [3.05, 3.63) is 0 Å². The van der Waals surface area contributed by atoms with Gasteiger partial charge in [-0.3, -0.25) is 0 Å². The molecule has 0 aromatic rings. The average Bonchev–Trinajstić information content (AvgIpc) is 2.56. The SMILES string of the molecule is CS(=O)(=O)COCC(COCC(COCS(C)(=O)=O)OCOS(C)(=O)=O)OCOS(C)(=O)=O. The van der Waals surface area contributed by atoms with Crippen LogP contribution in [0.2, 0.25) is 0 Å². The number of sulfone groups is 2. The van der Waals surface area contributed by atoms with Gasteiger partial charge < -0.3 is 23.7 Å². The van der Waals surface area contributed by atoms with Gasteiger partial charge in [-0.2, -0.15) is 16.8 Å². The summed E-state index contributed by atoms with van der Waals surface area (Å²) in [5.41, 5.74) is 0. The largest absolute Gasteiger partial charge is 0.376 e. The third kappa shape index (κ3) is 24.4. The topological polar surface area (TPSA) is 201 Å². The van der Waals surface area contributed by atoms with E-state index >= 15 is 0 Å². The molecule has 33 heavy (non-hydrogen) atoms. The van der Waals surface area contributed by atoms with Gasteiger partial charge in [0.15, 0.2) is 33.3 Å². The molecule has 0 saturated carbocycles. The van der Waals surface area contributed by atoms with E-state index < -0.39 is 77.6 Å². The number of ether oxygens (including phenoxy) is 5. The van der Waals surface area contributed by atoms with Gasteiger partial charge in [-0.25, -0.2) is 25.2 Å². The molecule has 15 nitrogen and oxygen atoms in total. The van der Waals surface area contributed by atoms with E-state index in [0.717, 1.165) is 25.0 Å². The molecule has 0 saturated heterocycles. The van der Waals surface area contributed by atoms with Crippen LogP contribution in [-0.2, 0) is 72.0 Å². The number of rotatable bonds is 20. The predicted octanol–water partition coefficient (Wildman–Crippen LogP) is -2.32. The summed E-state index contributed by atoms with van der Waals surface area (Å²) in [7, 11) is -14.5. The zero-order valence-corrected chi connectivity index (χ0v) is 21.8. The lowest BCUT2D eigenvalue weighted by molar-refractivity contribution is -0.124. The molecule has 0 rings (SSSR count). The summed E-state index contributed by atoms with van der Waals surface area (Å²) in [4.78, 5) is 0. The molecular formula is C14H30O15S4. The van der Waals surface area contributed by atoms with Gasteiger partial charge in [-0.05, 0) is 0 Å². The molecule has 0 amide bonds. The van der Waals surface area contributed by atoms with Gasteiger partial charge in [0.1, 0.15) is 24.1 Å². The molecule has 0 aromatic carbocycles. The van der Waals surface area contributed by atoms with E-state index in [1.54, 1.807) is 0 Å². The maximum absolute atomic E-state index is 11.2. The highest BCUT2D eigenvalue weighted by atomic mass is 32.2.